The molecule has 4 radical (unpaired) electrons. The van der Waals surface area contributed by atoms with Crippen LogP contribution in [0.3, 0.4) is 0 Å². The molecule has 540 valence electrons. The van der Waals surface area contributed by atoms with Crippen LogP contribution in [0.4, 0.5) is 39.5 Å². The Kier molecular flexibility index (Phi) is 32.3. The summed E-state index contributed by atoms with van der Waals surface area (Å²) < 4.78 is 120. The molecule has 0 unspecified atom stereocenters. The Balaban J connectivity index is 0.000000206. The van der Waals surface area contributed by atoms with E-state index in [9.17, 15) is 39.5 Å². The molecule has 0 saturated carbocycles. The molecule has 14 rings (SSSR count). The van der Waals surface area contributed by atoms with Crippen LogP contribution < -0.4 is 4.74 Å². The first-order valence-electron chi connectivity index (χ1n) is 31.5. The summed E-state index contributed by atoms with van der Waals surface area (Å²) in [4.78, 5) is 21.7. The number of para-hydroxylation sites is 1. The number of aryl methyl sites for hydroxylation is 4. The molecular weight excluding hydrogens is 2060 g/mol. The molecule has 0 fully saturated rings. The van der Waals surface area contributed by atoms with Crippen molar-refractivity contribution in [2.75, 3.05) is 0 Å². The predicted octanol–water partition coefficient (Wildman–Crippen LogP) is 23.6. The van der Waals surface area contributed by atoms with E-state index in [0.717, 1.165) is 56.9 Å². The largest absolute Gasteiger partial charge is 0.573 e. The van der Waals surface area contributed by atoms with Gasteiger partial charge in [-0.1, -0.05) is 147 Å². The van der Waals surface area contributed by atoms with Crippen molar-refractivity contribution >= 4 is 0 Å². The molecule has 0 aliphatic heterocycles. The van der Waals surface area contributed by atoms with Crippen molar-refractivity contribution in [3.05, 3.63) is 362 Å². The number of benzene rings is 9. The Morgan fingerprint density at radius 2 is 0.771 bits per heavy atom. The van der Waals surface area contributed by atoms with Gasteiger partial charge in [0.15, 0.2) is 0 Å². The summed E-state index contributed by atoms with van der Waals surface area (Å²) in [6.45, 7) is 8.37. The van der Waals surface area contributed by atoms with Crippen molar-refractivity contribution in [3.8, 4) is 107 Å². The third-order valence-corrected chi connectivity index (χ3v) is 15.3. The molecule has 105 heavy (non-hydrogen) atoms. The predicted molar refractivity (Wildman–Crippen MR) is 380 cm³/mol. The fraction of sp³-hybridized carbons (Fsp3) is 0.0814. The number of rotatable bonds is 10. The summed E-state index contributed by atoms with van der Waals surface area (Å²) in [6, 6.07) is 93.3. The van der Waals surface area contributed by atoms with Crippen molar-refractivity contribution in [3.63, 3.8) is 0 Å². The van der Waals surface area contributed by atoms with Crippen LogP contribution in [0.5, 0.6) is 5.75 Å². The van der Waals surface area contributed by atoms with E-state index in [2.05, 4.69) is 136 Å². The van der Waals surface area contributed by atoms with Crippen LogP contribution in [-0.4, -0.2) is 31.3 Å². The number of ether oxygens (including phenoxy) is 1. The van der Waals surface area contributed by atoms with Gasteiger partial charge in [-0.05, 0) is 106 Å². The Morgan fingerprint density at radius 1 is 0.314 bits per heavy atom. The number of nitrogens with zero attached hydrogens (tertiary/aromatic N) is 5. The van der Waals surface area contributed by atoms with Gasteiger partial charge in [0.1, 0.15) is 5.75 Å². The van der Waals surface area contributed by atoms with Crippen LogP contribution in [-0.2, 0) is 92.8 Å². The summed E-state index contributed by atoms with van der Waals surface area (Å²) in [5.74, 6) is -0.249. The summed E-state index contributed by atoms with van der Waals surface area (Å²) in [6.07, 6.45) is -5.24. The first-order valence-corrected chi connectivity index (χ1v) is 31.5. The zero-order valence-electron chi connectivity index (χ0n) is 56.2. The van der Waals surface area contributed by atoms with Crippen LogP contribution in [0.1, 0.15) is 33.4 Å². The van der Waals surface area contributed by atoms with E-state index in [1.54, 1.807) is 78.9 Å². The molecule has 0 saturated heterocycles. The molecule has 19 heteroatoms. The normalized spacial score (nSPS) is 10.6. The van der Waals surface area contributed by atoms with Crippen LogP contribution >= 0.6 is 0 Å². The Morgan fingerprint density at radius 3 is 1.25 bits per heavy atom. The maximum absolute atomic E-state index is 13.1. The molecule has 0 N–H and O–H groups in total. The molecule has 5 aromatic heterocycles. The quantitative estimate of drug-likeness (QED) is 0.100. The van der Waals surface area contributed by atoms with E-state index in [0.29, 0.717) is 39.3 Å². The summed E-state index contributed by atoms with van der Waals surface area (Å²) in [7, 11) is 0. The van der Waals surface area contributed by atoms with E-state index < -0.39 is 29.8 Å². The van der Waals surface area contributed by atoms with Gasteiger partial charge in [-0.3, -0.25) is 0 Å². The Labute approximate surface area is 658 Å². The minimum Gasteiger partial charge on any atom is -0.405 e. The monoisotopic (exact) mass is 2120 g/mol. The maximum Gasteiger partial charge on any atom is 0.573 e. The first kappa shape index (κ1) is 84.4. The van der Waals surface area contributed by atoms with Crippen LogP contribution in [0.15, 0.2) is 298 Å². The first-order chi connectivity index (χ1) is 48.6. The van der Waals surface area contributed by atoms with Crippen molar-refractivity contribution in [1.29, 1.82) is 0 Å². The van der Waals surface area contributed by atoms with Gasteiger partial charge in [-0.25, -0.2) is 0 Å². The van der Waals surface area contributed by atoms with Crippen LogP contribution in [0.2, 0.25) is 0 Å². The minimum atomic E-state index is -4.73. The third kappa shape index (κ3) is 24.3. The fourth-order valence-corrected chi connectivity index (χ4v) is 10.7. The van der Waals surface area contributed by atoms with Gasteiger partial charge in [-0.2, -0.15) is 26.3 Å². The van der Waals surface area contributed by atoms with Gasteiger partial charge in [0.25, 0.3) is 0 Å². The zero-order valence-corrected chi connectivity index (χ0v) is 65.7. The van der Waals surface area contributed by atoms with Gasteiger partial charge < -0.3 is 29.7 Å². The number of halogens is 9. The van der Waals surface area contributed by atoms with E-state index in [1.165, 1.54) is 82.8 Å². The topological polar surface area (TPSA) is 73.7 Å². The van der Waals surface area contributed by atoms with Crippen LogP contribution in [0.25, 0.3) is 101 Å². The average molecular weight is 2120 g/mol. The molecule has 0 aliphatic rings. The maximum atomic E-state index is 13.1. The molecular formula is C86H61F9Ir4N5O-5. The summed E-state index contributed by atoms with van der Waals surface area (Å²) in [5, 5.41) is 0. The fourth-order valence-electron chi connectivity index (χ4n) is 10.7. The number of hydrogen-bond donors (Lipinski definition) is 0. The Bertz CT molecular complexity index is 4950. The molecule has 0 atom stereocenters. The average Bonchev–Trinajstić information content (AvgIpc) is 1.05. The van der Waals surface area contributed by atoms with Crippen molar-refractivity contribution < 1.29 is 125 Å². The Hall–Kier alpha value is -9.50. The van der Waals surface area contributed by atoms with E-state index in [1.807, 2.05) is 103 Å². The number of aromatic nitrogens is 5. The van der Waals surface area contributed by atoms with Gasteiger partial charge in [0.2, 0.25) is 0 Å². The second-order valence-electron chi connectivity index (χ2n) is 22.7. The molecule has 0 bridgehead atoms. The van der Waals surface area contributed by atoms with Crippen LogP contribution in [0, 0.1) is 58.0 Å². The molecule has 0 amide bonds. The second-order valence-corrected chi connectivity index (χ2v) is 22.7. The number of alkyl halides is 9. The van der Waals surface area contributed by atoms with Crippen molar-refractivity contribution in [2.45, 2.75) is 46.4 Å². The zero-order chi connectivity index (χ0) is 71.4. The standard InChI is InChI=1S/C20H18N.C18H11F3NO.2C18H11F3N.C12H10N.4Ir/c1-14-9-15(2)11-18(10-14)20-12-16(3)19(13-21-20)17-7-5-4-6-8-17;19-18(20,21)23-17-9-5-4-8-15(17)14-10-11-16(22-12-14)13-6-2-1-3-7-13;19-18(20,21)16-9-5-4-8-15(16)14-10-11-22-17(12-14)13-6-2-1-3-7-13;19-18(20,21)16-9-5-4-8-15(16)14-10-11-17(22-12-14)13-6-2-1-3-7-13;1-10-6-5-9-13-12(10)11-7-3-2-4-8-11;;;;/h4-10,12-13H,1-3H3;1-6,8-12H;2*1-6,8-12H;2-7,9H,1H3;;;;/q5*-1;;;;. The molecule has 5 heterocycles. The van der Waals surface area contributed by atoms with E-state index >= 15 is 0 Å². The number of hydrogen-bond acceptors (Lipinski definition) is 6. The molecule has 14 aromatic rings. The van der Waals surface area contributed by atoms with Gasteiger partial charge in [-0.15, -0.1) is 192 Å². The molecule has 9 aromatic carbocycles. The summed E-state index contributed by atoms with van der Waals surface area (Å²) in [5.41, 5.74) is 16.4. The van der Waals surface area contributed by atoms with Gasteiger partial charge in [0, 0.05) is 128 Å². The SMILES string of the molecule is Cc1[c-]c(-c2cc(C)c(-c3ccccc3)cn2)cc(C)c1.Cc1cccnc1-c1[c-]cccc1.FC(F)(F)Oc1ccccc1-c1ccc(-c2[c-]cccc2)nc1.FC(F)(F)c1ccccc1-c1ccc(-c2[c-]cccc2)nc1.FC(F)(F)c1ccccc1-c1ccnc(-c2[c-]cccc2)c1.[Ir].[Ir].[Ir].[Ir]. The van der Waals surface area contributed by atoms with E-state index in [-0.39, 0.29) is 97.3 Å². The van der Waals surface area contributed by atoms with Crippen molar-refractivity contribution in [1.82, 2.24) is 24.9 Å². The van der Waals surface area contributed by atoms with Crippen molar-refractivity contribution in [2.24, 2.45) is 0 Å². The minimum absolute atomic E-state index is 0. The van der Waals surface area contributed by atoms with E-state index in [4.69, 9.17) is 0 Å². The third-order valence-electron chi connectivity index (χ3n) is 15.3. The van der Waals surface area contributed by atoms with Gasteiger partial charge >= 0.3 is 18.7 Å². The second kappa shape index (κ2) is 40.1. The molecule has 6 nitrogen and oxygen atoms in total. The molecule has 0 aliphatic carbocycles. The molecule has 0 spiro atoms. The van der Waals surface area contributed by atoms with Gasteiger partial charge in [0.05, 0.1) is 11.1 Å². The number of pyridine rings is 5. The smallest absolute Gasteiger partial charge is 0.405 e. The summed E-state index contributed by atoms with van der Waals surface area (Å²) >= 11 is 0.